The number of ether oxygens (including phenoxy) is 2. The third kappa shape index (κ3) is 3.85. The van der Waals surface area contributed by atoms with Crippen LogP contribution in [-0.4, -0.2) is 30.3 Å². The molecule has 22 heavy (non-hydrogen) atoms. The maximum absolute atomic E-state index is 11.9. The highest BCUT2D eigenvalue weighted by atomic mass is 16.6. The van der Waals surface area contributed by atoms with Gasteiger partial charge < -0.3 is 14.6 Å². The monoisotopic (exact) mass is 300 g/mol. The molecule has 0 aromatic heterocycles. The fourth-order valence-electron chi connectivity index (χ4n) is 1.93. The summed E-state index contributed by atoms with van der Waals surface area (Å²) in [5, 5.41) is 9.03. The van der Waals surface area contributed by atoms with Crippen LogP contribution in [0.4, 0.5) is 0 Å². The molecule has 1 N–H and O–H groups in total. The predicted octanol–water partition coefficient (Wildman–Crippen LogP) is 2.93. The summed E-state index contributed by atoms with van der Waals surface area (Å²) in [6.07, 6.45) is 0. The van der Waals surface area contributed by atoms with Gasteiger partial charge in [-0.05, 0) is 30.7 Å². The van der Waals surface area contributed by atoms with Crippen LogP contribution >= 0.6 is 0 Å². The summed E-state index contributed by atoms with van der Waals surface area (Å²) >= 11 is 0. The first kappa shape index (κ1) is 15.6. The number of para-hydroxylation sites is 1. The molecule has 0 fully saturated rings. The average molecular weight is 300 g/mol. The summed E-state index contributed by atoms with van der Waals surface area (Å²) in [5.74, 6) is -1.11. The number of carbonyl (C=O) groups is 2. The number of rotatable bonds is 6. The van der Waals surface area contributed by atoms with Gasteiger partial charge in [0.15, 0.2) is 0 Å². The van der Waals surface area contributed by atoms with E-state index in [2.05, 4.69) is 0 Å². The fraction of sp³-hybridized carbons (Fsp3) is 0.176. The van der Waals surface area contributed by atoms with Crippen LogP contribution < -0.4 is 4.74 Å². The van der Waals surface area contributed by atoms with Gasteiger partial charge in [-0.2, -0.15) is 0 Å². The Hall–Kier alpha value is -2.82. The zero-order valence-electron chi connectivity index (χ0n) is 12.1. The quantitative estimate of drug-likeness (QED) is 0.656. The van der Waals surface area contributed by atoms with Crippen molar-refractivity contribution in [3.8, 4) is 5.75 Å². The van der Waals surface area contributed by atoms with Crippen LogP contribution in [0.2, 0.25) is 0 Å². The van der Waals surface area contributed by atoms with Gasteiger partial charge in [0.1, 0.15) is 19.0 Å². The number of aromatic carboxylic acids is 1. The third-order valence-corrected chi connectivity index (χ3v) is 3.05. The van der Waals surface area contributed by atoms with E-state index in [0.29, 0.717) is 0 Å². The Morgan fingerprint density at radius 1 is 0.955 bits per heavy atom. The predicted molar refractivity (Wildman–Crippen MR) is 80.4 cm³/mol. The van der Waals surface area contributed by atoms with Gasteiger partial charge in [0.2, 0.25) is 0 Å². The summed E-state index contributed by atoms with van der Waals surface area (Å²) in [7, 11) is 0. The van der Waals surface area contributed by atoms with Gasteiger partial charge in [-0.1, -0.05) is 30.3 Å². The molecule has 2 aromatic rings. The van der Waals surface area contributed by atoms with E-state index in [1.54, 1.807) is 12.1 Å². The molecule has 0 heterocycles. The van der Waals surface area contributed by atoms with Crippen LogP contribution in [0.15, 0.2) is 48.5 Å². The van der Waals surface area contributed by atoms with Crippen molar-refractivity contribution in [3.63, 3.8) is 0 Å². The largest absolute Gasteiger partial charge is 0.490 e. The molecule has 0 atom stereocenters. The summed E-state index contributed by atoms with van der Waals surface area (Å²) < 4.78 is 10.6. The summed E-state index contributed by atoms with van der Waals surface area (Å²) in [5.41, 5.74) is 0.947. The van der Waals surface area contributed by atoms with Crippen molar-refractivity contribution < 1.29 is 24.2 Å². The van der Waals surface area contributed by atoms with Crippen LogP contribution in [0.3, 0.4) is 0 Å². The Morgan fingerprint density at radius 3 is 2.27 bits per heavy atom. The van der Waals surface area contributed by atoms with Crippen LogP contribution in [0.5, 0.6) is 5.75 Å². The highest BCUT2D eigenvalue weighted by molar-refractivity contribution is 6.02. The van der Waals surface area contributed by atoms with Crippen molar-refractivity contribution >= 4 is 11.9 Å². The number of hydrogen-bond acceptors (Lipinski definition) is 4. The Balaban J connectivity index is 1.89. The van der Waals surface area contributed by atoms with E-state index in [1.807, 2.05) is 31.2 Å². The van der Waals surface area contributed by atoms with Crippen LogP contribution in [0.1, 0.15) is 26.3 Å². The Kier molecular flexibility index (Phi) is 5.14. The molecule has 0 saturated heterocycles. The number of esters is 1. The molecule has 0 spiro atoms. The molecule has 0 unspecified atom stereocenters. The van der Waals surface area contributed by atoms with E-state index in [9.17, 15) is 9.59 Å². The molecule has 114 valence electrons. The Labute approximate surface area is 128 Å². The second kappa shape index (κ2) is 7.26. The normalized spacial score (nSPS) is 10.0. The molecule has 0 amide bonds. The lowest BCUT2D eigenvalue weighted by Gasteiger charge is -2.10. The van der Waals surface area contributed by atoms with Crippen molar-refractivity contribution in [2.24, 2.45) is 0 Å². The molecule has 0 aliphatic rings. The van der Waals surface area contributed by atoms with E-state index < -0.39 is 11.9 Å². The molecule has 5 nitrogen and oxygen atoms in total. The molecule has 0 bridgehead atoms. The first-order chi connectivity index (χ1) is 10.6. The van der Waals surface area contributed by atoms with E-state index in [0.717, 1.165) is 11.3 Å². The minimum atomic E-state index is -1.16. The minimum Gasteiger partial charge on any atom is -0.490 e. The summed E-state index contributed by atoms with van der Waals surface area (Å²) in [4.78, 5) is 23.0. The lowest BCUT2D eigenvalue weighted by atomic mass is 10.1. The number of benzene rings is 2. The number of carboxylic acids is 1. The molecule has 0 saturated carbocycles. The number of carboxylic acid groups (broad SMARTS) is 1. The summed E-state index contributed by atoms with van der Waals surface area (Å²) in [6, 6.07) is 13.5. The number of carbonyl (C=O) groups excluding carboxylic acids is 1. The fourth-order valence-corrected chi connectivity index (χ4v) is 1.93. The van der Waals surface area contributed by atoms with Gasteiger partial charge in [-0.15, -0.1) is 0 Å². The zero-order chi connectivity index (χ0) is 15.9. The van der Waals surface area contributed by atoms with Gasteiger partial charge in [0.05, 0.1) is 11.1 Å². The Morgan fingerprint density at radius 2 is 1.59 bits per heavy atom. The third-order valence-electron chi connectivity index (χ3n) is 3.05. The first-order valence-corrected chi connectivity index (χ1v) is 6.77. The average Bonchev–Trinajstić information content (AvgIpc) is 2.52. The van der Waals surface area contributed by atoms with Crippen molar-refractivity contribution in [1.29, 1.82) is 0 Å². The van der Waals surface area contributed by atoms with Crippen molar-refractivity contribution in [3.05, 3.63) is 65.2 Å². The molecular weight excluding hydrogens is 284 g/mol. The smallest absolute Gasteiger partial charge is 0.339 e. The maximum atomic E-state index is 11.9. The lowest BCUT2D eigenvalue weighted by Crippen LogP contribution is -2.15. The molecule has 5 heteroatoms. The van der Waals surface area contributed by atoms with Crippen molar-refractivity contribution in [2.45, 2.75) is 6.92 Å². The van der Waals surface area contributed by atoms with Crippen LogP contribution in [-0.2, 0) is 4.74 Å². The van der Waals surface area contributed by atoms with Gasteiger partial charge in [0.25, 0.3) is 0 Å². The maximum Gasteiger partial charge on any atom is 0.339 e. The highest BCUT2D eigenvalue weighted by Crippen LogP contribution is 2.16. The highest BCUT2D eigenvalue weighted by Gasteiger charge is 2.16. The van der Waals surface area contributed by atoms with Crippen LogP contribution in [0, 0.1) is 6.92 Å². The molecule has 2 aromatic carbocycles. The van der Waals surface area contributed by atoms with Crippen LogP contribution in [0.25, 0.3) is 0 Å². The second-order valence-corrected chi connectivity index (χ2v) is 4.60. The molecular formula is C17H16O5. The Bertz CT molecular complexity index is 678. The first-order valence-electron chi connectivity index (χ1n) is 6.77. The van der Waals surface area contributed by atoms with E-state index in [4.69, 9.17) is 14.6 Å². The molecule has 0 radical (unpaired) electrons. The SMILES string of the molecule is Cc1ccccc1OCCOC(=O)c1ccccc1C(=O)O. The second-order valence-electron chi connectivity index (χ2n) is 4.60. The minimum absolute atomic E-state index is 0.0332. The van der Waals surface area contributed by atoms with Crippen molar-refractivity contribution in [2.75, 3.05) is 13.2 Å². The molecule has 0 aliphatic heterocycles. The van der Waals surface area contributed by atoms with Gasteiger partial charge >= 0.3 is 11.9 Å². The van der Waals surface area contributed by atoms with Gasteiger partial charge in [0, 0.05) is 0 Å². The lowest BCUT2D eigenvalue weighted by molar-refractivity contribution is 0.0442. The summed E-state index contributed by atoms with van der Waals surface area (Å²) in [6.45, 7) is 2.16. The number of hydrogen-bond donors (Lipinski definition) is 1. The van der Waals surface area contributed by atoms with E-state index in [-0.39, 0.29) is 24.3 Å². The van der Waals surface area contributed by atoms with E-state index in [1.165, 1.54) is 12.1 Å². The number of aryl methyl sites for hydroxylation is 1. The molecule has 0 aliphatic carbocycles. The topological polar surface area (TPSA) is 72.8 Å². The standard InChI is InChI=1S/C17H16O5/c1-12-6-2-5-9-15(12)21-10-11-22-17(20)14-8-4-3-7-13(14)16(18)19/h2-9H,10-11H2,1H3,(H,18,19). The molecule has 2 rings (SSSR count). The zero-order valence-corrected chi connectivity index (χ0v) is 12.1. The van der Waals surface area contributed by atoms with Crippen molar-refractivity contribution in [1.82, 2.24) is 0 Å². The van der Waals surface area contributed by atoms with Gasteiger partial charge in [-0.3, -0.25) is 0 Å². The van der Waals surface area contributed by atoms with Gasteiger partial charge in [-0.25, -0.2) is 9.59 Å². The van der Waals surface area contributed by atoms with E-state index >= 15 is 0 Å².